The van der Waals surface area contributed by atoms with Gasteiger partial charge in [0.25, 0.3) is 5.91 Å². The first-order valence-electron chi connectivity index (χ1n) is 10.7. The third-order valence-corrected chi connectivity index (χ3v) is 6.82. The van der Waals surface area contributed by atoms with Gasteiger partial charge in [-0.15, -0.1) is 0 Å². The molecule has 0 saturated carbocycles. The summed E-state index contributed by atoms with van der Waals surface area (Å²) in [5.74, 6) is -1.69. The molecule has 0 atom stereocenters. The van der Waals surface area contributed by atoms with Gasteiger partial charge in [0.05, 0.1) is 20.1 Å². The number of hydrogen-bond acceptors (Lipinski definition) is 7. The van der Waals surface area contributed by atoms with Crippen LogP contribution in [0.2, 0.25) is 0 Å². The summed E-state index contributed by atoms with van der Waals surface area (Å²) in [4.78, 5) is 35.9. The van der Waals surface area contributed by atoms with Gasteiger partial charge < -0.3 is 9.47 Å². The number of ketones is 1. The van der Waals surface area contributed by atoms with Crippen molar-refractivity contribution in [3.05, 3.63) is 83.7 Å². The molecule has 1 heterocycles. The first kappa shape index (κ1) is 25.0. The van der Waals surface area contributed by atoms with Crippen LogP contribution in [0.5, 0.6) is 17.2 Å². The number of nitrogens with one attached hydrogen (secondary N) is 1. The standard InChI is InChI=1S/C25H21FN2O7S/c1-34-22-11-4-17(15-28-24(30)13-21(29)25(28)31)12-23(22)36(32,33)27-14-16-2-7-19(8-3-16)35-20-9-5-18(26)6-10-20/h2-12,27H,13-15H2,1H3. The highest BCUT2D eigenvalue weighted by Crippen LogP contribution is 2.27. The Morgan fingerprint density at radius 2 is 1.53 bits per heavy atom. The average molecular weight is 513 g/mol. The normalized spacial score (nSPS) is 13.8. The number of sulfonamides is 1. The molecule has 3 aromatic carbocycles. The van der Waals surface area contributed by atoms with Crippen molar-refractivity contribution in [3.8, 4) is 17.2 Å². The molecule has 11 heteroatoms. The van der Waals surface area contributed by atoms with Gasteiger partial charge in [-0.3, -0.25) is 19.3 Å². The fourth-order valence-electron chi connectivity index (χ4n) is 3.51. The number of ether oxygens (including phenoxy) is 2. The second-order valence-electron chi connectivity index (χ2n) is 7.89. The molecule has 1 saturated heterocycles. The second kappa shape index (κ2) is 10.3. The maximum absolute atomic E-state index is 13.0. The van der Waals surface area contributed by atoms with Crippen molar-refractivity contribution in [1.29, 1.82) is 0 Å². The Bertz CT molecular complexity index is 1420. The predicted molar refractivity (Wildman–Crippen MR) is 125 cm³/mol. The number of rotatable bonds is 9. The Kier molecular flexibility index (Phi) is 7.13. The molecule has 1 aliphatic rings. The van der Waals surface area contributed by atoms with Gasteiger partial charge in [0.1, 0.15) is 28.0 Å². The summed E-state index contributed by atoms with van der Waals surface area (Å²) in [6, 6.07) is 16.4. The molecular formula is C25H21FN2O7S. The lowest BCUT2D eigenvalue weighted by Crippen LogP contribution is -2.30. The van der Waals surface area contributed by atoms with Crippen molar-refractivity contribution >= 4 is 27.6 Å². The van der Waals surface area contributed by atoms with Gasteiger partial charge in [0.15, 0.2) is 0 Å². The number of methoxy groups -OCH3 is 1. The van der Waals surface area contributed by atoms with Crippen LogP contribution in [0.4, 0.5) is 4.39 Å². The fraction of sp³-hybridized carbons (Fsp3) is 0.160. The molecule has 3 aromatic rings. The number of carbonyl (C=O) groups excluding carboxylic acids is 3. The lowest BCUT2D eigenvalue weighted by molar-refractivity contribution is -0.143. The third kappa shape index (κ3) is 5.58. The molecule has 1 N–H and O–H groups in total. The third-order valence-electron chi connectivity index (χ3n) is 5.39. The van der Waals surface area contributed by atoms with Gasteiger partial charge in [0, 0.05) is 6.54 Å². The minimum Gasteiger partial charge on any atom is -0.495 e. The topological polar surface area (TPSA) is 119 Å². The first-order valence-corrected chi connectivity index (χ1v) is 12.2. The zero-order valence-corrected chi connectivity index (χ0v) is 19.9. The van der Waals surface area contributed by atoms with Crippen molar-refractivity contribution in [3.63, 3.8) is 0 Å². The van der Waals surface area contributed by atoms with E-state index in [1.54, 1.807) is 24.3 Å². The zero-order chi connectivity index (χ0) is 25.9. The number of nitrogens with zero attached hydrogens (tertiary/aromatic N) is 1. The highest BCUT2D eigenvalue weighted by Gasteiger charge is 2.37. The SMILES string of the molecule is COc1ccc(CN2C(=O)CC(=O)C2=O)cc1S(=O)(=O)NCc1ccc(Oc2ccc(F)cc2)cc1. The highest BCUT2D eigenvalue weighted by atomic mass is 32.2. The number of amides is 2. The Hall–Kier alpha value is -4.09. The molecule has 1 aliphatic heterocycles. The van der Waals surface area contributed by atoms with E-state index in [4.69, 9.17) is 9.47 Å². The summed E-state index contributed by atoms with van der Waals surface area (Å²) < 4.78 is 52.4. The molecule has 0 spiro atoms. The number of carbonyl (C=O) groups is 3. The summed E-state index contributed by atoms with van der Waals surface area (Å²) >= 11 is 0. The average Bonchev–Trinajstić information content (AvgIpc) is 3.11. The van der Waals surface area contributed by atoms with Gasteiger partial charge in [-0.05, 0) is 59.7 Å². The van der Waals surface area contributed by atoms with Crippen molar-refractivity contribution in [1.82, 2.24) is 9.62 Å². The Labute approximate surface area is 206 Å². The monoisotopic (exact) mass is 512 g/mol. The molecule has 9 nitrogen and oxygen atoms in total. The van der Waals surface area contributed by atoms with E-state index in [0.717, 1.165) is 4.90 Å². The van der Waals surface area contributed by atoms with Crippen molar-refractivity contribution in [2.75, 3.05) is 7.11 Å². The zero-order valence-electron chi connectivity index (χ0n) is 19.1. The summed E-state index contributed by atoms with van der Waals surface area (Å²) in [5.41, 5.74) is 0.988. The molecule has 36 heavy (non-hydrogen) atoms. The number of imide groups is 1. The molecule has 2 amide bonds. The lowest BCUT2D eigenvalue weighted by Gasteiger charge is -2.16. The fourth-order valence-corrected chi connectivity index (χ4v) is 4.75. The Morgan fingerprint density at radius 3 is 2.11 bits per heavy atom. The summed E-state index contributed by atoms with van der Waals surface area (Å²) in [7, 11) is -2.74. The Morgan fingerprint density at radius 1 is 0.917 bits per heavy atom. The van der Waals surface area contributed by atoms with Crippen LogP contribution >= 0.6 is 0 Å². The molecule has 0 aromatic heterocycles. The predicted octanol–water partition coefficient (Wildman–Crippen LogP) is 2.93. The van der Waals surface area contributed by atoms with Crippen molar-refractivity contribution < 1.29 is 36.7 Å². The van der Waals surface area contributed by atoms with E-state index in [0.29, 0.717) is 22.6 Å². The van der Waals surface area contributed by atoms with Crippen LogP contribution in [-0.2, 0) is 37.5 Å². The van der Waals surface area contributed by atoms with Gasteiger partial charge in [0.2, 0.25) is 21.7 Å². The summed E-state index contributed by atoms with van der Waals surface area (Å²) in [6.07, 6.45) is -0.491. The van der Waals surface area contributed by atoms with E-state index in [2.05, 4.69) is 4.72 Å². The summed E-state index contributed by atoms with van der Waals surface area (Å²) in [5, 5.41) is 0. The minimum absolute atomic E-state index is 0.0376. The highest BCUT2D eigenvalue weighted by molar-refractivity contribution is 7.89. The van der Waals surface area contributed by atoms with E-state index in [9.17, 15) is 27.2 Å². The van der Waals surface area contributed by atoms with Gasteiger partial charge in [-0.25, -0.2) is 17.5 Å². The first-order chi connectivity index (χ1) is 17.2. The maximum Gasteiger partial charge on any atom is 0.297 e. The van der Waals surface area contributed by atoms with Crippen LogP contribution in [0.25, 0.3) is 0 Å². The van der Waals surface area contributed by atoms with Crippen LogP contribution in [-0.4, -0.2) is 38.0 Å². The van der Waals surface area contributed by atoms with E-state index in [1.165, 1.54) is 49.6 Å². The van der Waals surface area contributed by atoms with Crippen LogP contribution < -0.4 is 14.2 Å². The Balaban J connectivity index is 1.45. The number of hydrogen-bond donors (Lipinski definition) is 1. The second-order valence-corrected chi connectivity index (χ2v) is 9.63. The van der Waals surface area contributed by atoms with Crippen molar-refractivity contribution in [2.24, 2.45) is 0 Å². The number of halogens is 1. The molecule has 0 aliphatic carbocycles. The molecule has 0 bridgehead atoms. The molecule has 186 valence electrons. The van der Waals surface area contributed by atoms with E-state index >= 15 is 0 Å². The van der Waals surface area contributed by atoms with Crippen LogP contribution in [0.1, 0.15) is 17.5 Å². The van der Waals surface area contributed by atoms with E-state index < -0.39 is 34.0 Å². The molecule has 0 unspecified atom stereocenters. The van der Waals surface area contributed by atoms with Crippen LogP contribution in [0.15, 0.2) is 71.6 Å². The lowest BCUT2D eigenvalue weighted by atomic mass is 10.2. The minimum atomic E-state index is -4.05. The number of benzene rings is 3. The smallest absolute Gasteiger partial charge is 0.297 e. The van der Waals surface area contributed by atoms with Gasteiger partial charge >= 0.3 is 0 Å². The maximum atomic E-state index is 13.0. The van der Waals surface area contributed by atoms with Crippen molar-refractivity contribution in [2.45, 2.75) is 24.4 Å². The molecular weight excluding hydrogens is 491 g/mol. The van der Waals surface area contributed by atoms with E-state index in [-0.39, 0.29) is 29.6 Å². The van der Waals surface area contributed by atoms with E-state index in [1.807, 2.05) is 0 Å². The molecule has 1 fully saturated rings. The number of likely N-dealkylation sites (tertiary alicyclic amines) is 1. The quantitative estimate of drug-likeness (QED) is 0.266. The van der Waals surface area contributed by atoms with Crippen LogP contribution in [0, 0.1) is 5.82 Å². The molecule has 4 rings (SSSR count). The largest absolute Gasteiger partial charge is 0.495 e. The molecule has 0 radical (unpaired) electrons. The van der Waals surface area contributed by atoms with Gasteiger partial charge in [-0.1, -0.05) is 18.2 Å². The van der Waals surface area contributed by atoms with Gasteiger partial charge in [-0.2, -0.15) is 0 Å². The summed E-state index contributed by atoms with van der Waals surface area (Å²) in [6.45, 7) is -0.268. The number of Topliss-reactive ketones (excluding diaryl/α,β-unsaturated/α-hetero) is 1. The van der Waals surface area contributed by atoms with Crippen LogP contribution in [0.3, 0.4) is 0 Å².